The molecule has 0 radical (unpaired) electrons. The van der Waals surface area contributed by atoms with E-state index in [1.54, 1.807) is 0 Å². The van der Waals surface area contributed by atoms with Crippen LogP contribution in [0.3, 0.4) is 0 Å². The molecule has 0 saturated heterocycles. The van der Waals surface area contributed by atoms with Crippen molar-refractivity contribution in [1.29, 1.82) is 0 Å². The van der Waals surface area contributed by atoms with Gasteiger partial charge in [-0.15, -0.1) is 0 Å². The van der Waals surface area contributed by atoms with Crippen molar-refractivity contribution in [1.82, 2.24) is 4.98 Å². The van der Waals surface area contributed by atoms with Crippen molar-refractivity contribution in [3.8, 4) is 17.0 Å². The molecule has 3 aromatic rings. The van der Waals surface area contributed by atoms with Gasteiger partial charge in [0.15, 0.2) is 5.75 Å². The standard InChI is InChI=1S/C27H34NOP/c1-4-12-21(13-5-1)26-27(24-18-10-11-19-25(24)28-26)29-20-30(22-14-6-2-7-15-22)23-16-8-3-9-17-23/h1,4-5,10-13,18-19,22-23,28H,2-3,6-9,14-17,20H2. The number of H-pyrrole nitrogens is 1. The van der Waals surface area contributed by atoms with Gasteiger partial charge in [0.1, 0.15) is 6.35 Å². The minimum absolute atomic E-state index is 0.0746. The third kappa shape index (κ3) is 4.30. The van der Waals surface area contributed by atoms with Crippen LogP contribution < -0.4 is 4.74 Å². The monoisotopic (exact) mass is 419 g/mol. The van der Waals surface area contributed by atoms with Gasteiger partial charge in [0.05, 0.1) is 5.69 Å². The molecule has 0 atom stereocenters. The largest absolute Gasteiger partial charge is 0.486 e. The Bertz CT molecular complexity index is 920. The lowest BCUT2D eigenvalue weighted by Crippen LogP contribution is -2.23. The zero-order valence-corrected chi connectivity index (χ0v) is 18.9. The molecule has 0 unspecified atom stereocenters. The molecular formula is C27H34NOP. The van der Waals surface area contributed by atoms with E-state index in [1.165, 1.54) is 80.7 Å². The minimum atomic E-state index is -0.0746. The smallest absolute Gasteiger partial charge is 0.153 e. The molecule has 5 rings (SSSR count). The lowest BCUT2D eigenvalue weighted by Gasteiger charge is -2.38. The SMILES string of the molecule is c1ccc(-c2[nH]c3ccccc3c2OCP(C2CCCCC2)C2CCCCC2)cc1. The first-order valence-electron chi connectivity index (χ1n) is 11.9. The van der Waals surface area contributed by atoms with Crippen molar-refractivity contribution in [3.05, 3.63) is 54.6 Å². The highest BCUT2D eigenvalue weighted by Gasteiger charge is 2.32. The molecule has 0 bridgehead atoms. The molecule has 0 aliphatic heterocycles. The van der Waals surface area contributed by atoms with Gasteiger partial charge < -0.3 is 9.72 Å². The number of aromatic nitrogens is 1. The Kier molecular flexibility index (Phi) is 6.42. The lowest BCUT2D eigenvalue weighted by molar-refractivity contribution is 0.383. The van der Waals surface area contributed by atoms with Gasteiger partial charge in [0.25, 0.3) is 0 Å². The van der Waals surface area contributed by atoms with E-state index in [4.69, 9.17) is 4.74 Å². The molecule has 2 nitrogen and oxygen atoms in total. The summed E-state index contributed by atoms with van der Waals surface area (Å²) >= 11 is 0. The van der Waals surface area contributed by atoms with Crippen LogP contribution in [-0.2, 0) is 0 Å². The predicted molar refractivity (Wildman–Crippen MR) is 130 cm³/mol. The van der Waals surface area contributed by atoms with Gasteiger partial charge in [-0.2, -0.15) is 0 Å². The Morgan fingerprint density at radius 2 is 1.33 bits per heavy atom. The van der Waals surface area contributed by atoms with Gasteiger partial charge in [-0.3, -0.25) is 0 Å². The van der Waals surface area contributed by atoms with Crippen LogP contribution in [0.2, 0.25) is 0 Å². The van der Waals surface area contributed by atoms with Gasteiger partial charge in [0, 0.05) is 16.5 Å². The van der Waals surface area contributed by atoms with Crippen molar-refractivity contribution in [2.75, 3.05) is 6.35 Å². The average molecular weight is 420 g/mol. The summed E-state index contributed by atoms with van der Waals surface area (Å²) in [6.45, 7) is 0. The fraction of sp³-hybridized carbons (Fsp3) is 0.481. The summed E-state index contributed by atoms with van der Waals surface area (Å²) in [4.78, 5) is 3.65. The highest BCUT2D eigenvalue weighted by Crippen LogP contribution is 2.56. The van der Waals surface area contributed by atoms with E-state index in [2.05, 4.69) is 59.6 Å². The number of hydrogen-bond acceptors (Lipinski definition) is 1. The molecule has 30 heavy (non-hydrogen) atoms. The molecular weight excluding hydrogens is 385 g/mol. The molecule has 158 valence electrons. The van der Waals surface area contributed by atoms with Crippen LogP contribution >= 0.6 is 7.92 Å². The number of hydrogen-bond donors (Lipinski definition) is 1. The summed E-state index contributed by atoms with van der Waals surface area (Å²) in [5.41, 5.74) is 5.36. The van der Waals surface area contributed by atoms with Crippen molar-refractivity contribution in [2.45, 2.75) is 75.5 Å². The van der Waals surface area contributed by atoms with E-state index >= 15 is 0 Å². The minimum Gasteiger partial charge on any atom is -0.486 e. The number of fused-ring (bicyclic) bond motifs is 1. The first kappa shape index (κ1) is 20.1. The van der Waals surface area contributed by atoms with Gasteiger partial charge in [-0.25, -0.2) is 0 Å². The summed E-state index contributed by atoms with van der Waals surface area (Å²) < 4.78 is 6.81. The van der Waals surface area contributed by atoms with Crippen LogP contribution in [0.1, 0.15) is 64.2 Å². The maximum absolute atomic E-state index is 6.81. The third-order valence-electron chi connectivity index (χ3n) is 7.17. The summed E-state index contributed by atoms with van der Waals surface area (Å²) in [6.07, 6.45) is 15.3. The first-order valence-corrected chi connectivity index (χ1v) is 13.6. The zero-order chi connectivity index (χ0) is 20.2. The van der Waals surface area contributed by atoms with E-state index in [1.807, 2.05) is 0 Å². The Hall–Kier alpha value is -1.79. The third-order valence-corrected chi connectivity index (χ3v) is 10.5. The lowest BCUT2D eigenvalue weighted by atomic mass is 9.99. The van der Waals surface area contributed by atoms with Crippen LogP contribution in [0.15, 0.2) is 54.6 Å². The molecule has 1 heterocycles. The van der Waals surface area contributed by atoms with Gasteiger partial charge >= 0.3 is 0 Å². The summed E-state index contributed by atoms with van der Waals surface area (Å²) in [7, 11) is -0.0746. The Balaban J connectivity index is 1.44. The van der Waals surface area contributed by atoms with E-state index in [0.717, 1.165) is 29.1 Å². The van der Waals surface area contributed by atoms with Crippen molar-refractivity contribution >= 4 is 18.8 Å². The van der Waals surface area contributed by atoms with Crippen LogP contribution in [0.5, 0.6) is 5.75 Å². The highest BCUT2D eigenvalue weighted by atomic mass is 31.1. The second kappa shape index (κ2) is 9.56. The number of nitrogens with one attached hydrogen (secondary N) is 1. The maximum Gasteiger partial charge on any atom is 0.153 e. The fourth-order valence-electron chi connectivity index (χ4n) is 5.55. The highest BCUT2D eigenvalue weighted by molar-refractivity contribution is 7.59. The average Bonchev–Trinajstić information content (AvgIpc) is 3.20. The quantitative estimate of drug-likeness (QED) is 0.399. The molecule has 2 aromatic carbocycles. The zero-order valence-electron chi connectivity index (χ0n) is 18.0. The Morgan fingerprint density at radius 1 is 0.733 bits per heavy atom. The fourth-order valence-corrected chi connectivity index (χ4v) is 8.90. The molecule has 0 amide bonds. The topological polar surface area (TPSA) is 25.0 Å². The van der Waals surface area contributed by atoms with Crippen LogP contribution in [-0.4, -0.2) is 22.6 Å². The van der Waals surface area contributed by atoms with Gasteiger partial charge in [-0.1, -0.05) is 88.9 Å². The van der Waals surface area contributed by atoms with Gasteiger partial charge in [0.2, 0.25) is 0 Å². The summed E-state index contributed by atoms with van der Waals surface area (Å²) in [5.74, 6) is 1.07. The number of ether oxygens (including phenoxy) is 1. The number of para-hydroxylation sites is 1. The predicted octanol–water partition coefficient (Wildman–Crippen LogP) is 8.32. The summed E-state index contributed by atoms with van der Waals surface area (Å²) in [6, 6.07) is 19.3. The van der Waals surface area contributed by atoms with Crippen molar-refractivity contribution in [2.24, 2.45) is 0 Å². The molecule has 2 saturated carbocycles. The molecule has 2 aliphatic carbocycles. The number of benzene rings is 2. The van der Waals surface area contributed by atoms with E-state index in [-0.39, 0.29) is 7.92 Å². The van der Waals surface area contributed by atoms with E-state index in [0.29, 0.717) is 0 Å². The van der Waals surface area contributed by atoms with Crippen molar-refractivity contribution in [3.63, 3.8) is 0 Å². The van der Waals surface area contributed by atoms with Gasteiger partial charge in [-0.05, 0) is 49.1 Å². The molecule has 1 aromatic heterocycles. The van der Waals surface area contributed by atoms with E-state index < -0.39 is 0 Å². The molecule has 1 N–H and O–H groups in total. The Labute approximate surface area is 182 Å². The second-order valence-corrected chi connectivity index (χ2v) is 11.9. The molecule has 0 spiro atoms. The second-order valence-electron chi connectivity index (χ2n) is 9.11. The van der Waals surface area contributed by atoms with Crippen molar-refractivity contribution < 1.29 is 4.74 Å². The summed E-state index contributed by atoms with van der Waals surface area (Å²) in [5, 5.41) is 1.22. The van der Waals surface area contributed by atoms with E-state index in [9.17, 15) is 0 Å². The number of aromatic amines is 1. The Morgan fingerprint density at radius 3 is 2.00 bits per heavy atom. The number of rotatable bonds is 6. The van der Waals surface area contributed by atoms with Crippen LogP contribution in [0.4, 0.5) is 0 Å². The molecule has 2 aliphatic rings. The molecule has 2 fully saturated rings. The first-order chi connectivity index (χ1) is 14.9. The van der Waals surface area contributed by atoms with Crippen LogP contribution in [0, 0.1) is 0 Å². The normalized spacial score (nSPS) is 18.8. The molecule has 3 heteroatoms. The van der Waals surface area contributed by atoms with Crippen LogP contribution in [0.25, 0.3) is 22.2 Å². The maximum atomic E-state index is 6.81.